The topological polar surface area (TPSA) is 73.8 Å². The van der Waals surface area contributed by atoms with Crippen molar-refractivity contribution in [3.8, 4) is 0 Å². The van der Waals surface area contributed by atoms with E-state index in [4.69, 9.17) is 4.99 Å². The highest BCUT2D eigenvalue weighted by Crippen LogP contribution is 2.16. The molecule has 0 aromatic heterocycles. The van der Waals surface area contributed by atoms with Crippen LogP contribution in [0.2, 0.25) is 0 Å². The molecule has 172 valence electrons. The van der Waals surface area contributed by atoms with Crippen molar-refractivity contribution < 1.29 is 8.42 Å². The number of nitrogens with zero attached hydrogens (tertiary/aromatic N) is 2. The summed E-state index contributed by atoms with van der Waals surface area (Å²) in [5.74, 6) is 1.57. The Labute approximate surface area is 200 Å². The van der Waals surface area contributed by atoms with Gasteiger partial charge in [0.1, 0.15) is 0 Å². The molecule has 0 radical (unpaired) electrons. The average Bonchev–Trinajstić information content (AvgIpc) is 2.72. The van der Waals surface area contributed by atoms with Gasteiger partial charge in [-0.05, 0) is 56.6 Å². The molecular weight excluding hydrogens is 511 g/mol. The monoisotopic (exact) mass is 550 g/mol. The van der Waals surface area contributed by atoms with Gasteiger partial charge in [-0.2, -0.15) is 0 Å². The number of nitrogens with one attached hydrogen (secondary N) is 2. The predicted molar refractivity (Wildman–Crippen MR) is 137 cm³/mol. The lowest BCUT2D eigenvalue weighted by atomic mass is 10.0. The summed E-state index contributed by atoms with van der Waals surface area (Å²) < 4.78 is 25.6. The van der Waals surface area contributed by atoms with E-state index in [1.807, 2.05) is 0 Å². The molecule has 0 spiro atoms. The van der Waals surface area contributed by atoms with E-state index in [-0.39, 0.29) is 35.8 Å². The number of hydrogen-bond acceptors (Lipinski definition) is 3. The largest absolute Gasteiger partial charge is 0.357 e. The minimum Gasteiger partial charge on any atom is -0.357 e. The molecule has 1 aliphatic rings. The summed E-state index contributed by atoms with van der Waals surface area (Å²) in [4.78, 5) is 4.71. The number of sulfonamides is 1. The van der Waals surface area contributed by atoms with E-state index in [0.29, 0.717) is 19.0 Å². The van der Waals surface area contributed by atoms with Crippen molar-refractivity contribution in [1.82, 2.24) is 14.9 Å². The molecule has 0 unspecified atom stereocenters. The summed E-state index contributed by atoms with van der Waals surface area (Å²) in [7, 11) is -3.08. The SMILES string of the molecule is CCNC(=NCCCc1ccc(C(C)C)cc1)NC1CCN(S(=O)(=O)CC)CC1.I. The first-order valence-electron chi connectivity index (χ1n) is 11.0. The molecule has 2 N–H and O–H groups in total. The van der Waals surface area contributed by atoms with Gasteiger partial charge in [0, 0.05) is 32.2 Å². The van der Waals surface area contributed by atoms with Gasteiger partial charge in [-0.25, -0.2) is 12.7 Å². The van der Waals surface area contributed by atoms with Crippen LogP contribution in [0, 0.1) is 0 Å². The van der Waals surface area contributed by atoms with Crippen LogP contribution in [-0.2, 0) is 16.4 Å². The van der Waals surface area contributed by atoms with Gasteiger partial charge >= 0.3 is 0 Å². The van der Waals surface area contributed by atoms with Crippen LogP contribution in [0.5, 0.6) is 0 Å². The van der Waals surface area contributed by atoms with Crippen molar-refractivity contribution in [1.29, 1.82) is 0 Å². The van der Waals surface area contributed by atoms with Crippen LogP contribution in [0.3, 0.4) is 0 Å². The maximum Gasteiger partial charge on any atom is 0.213 e. The van der Waals surface area contributed by atoms with E-state index in [0.717, 1.165) is 44.7 Å². The Morgan fingerprint density at radius 2 is 1.80 bits per heavy atom. The Hall–Kier alpha value is -0.870. The molecule has 6 nitrogen and oxygen atoms in total. The maximum atomic E-state index is 12.0. The summed E-state index contributed by atoms with van der Waals surface area (Å²) in [6.45, 7) is 10.9. The third kappa shape index (κ3) is 8.70. The molecule has 0 atom stereocenters. The van der Waals surface area contributed by atoms with E-state index < -0.39 is 10.0 Å². The first kappa shape index (κ1) is 27.2. The van der Waals surface area contributed by atoms with Crippen LogP contribution in [0.4, 0.5) is 0 Å². The Morgan fingerprint density at radius 3 is 2.33 bits per heavy atom. The molecule has 1 heterocycles. The number of aliphatic imine (C=N–C) groups is 1. The van der Waals surface area contributed by atoms with Crippen molar-refractivity contribution >= 4 is 40.0 Å². The summed E-state index contributed by atoms with van der Waals surface area (Å²) in [5, 5.41) is 6.79. The van der Waals surface area contributed by atoms with Gasteiger partial charge in [0.05, 0.1) is 5.75 Å². The third-order valence-electron chi connectivity index (χ3n) is 5.44. The van der Waals surface area contributed by atoms with Crippen molar-refractivity contribution in [3.63, 3.8) is 0 Å². The van der Waals surface area contributed by atoms with E-state index in [9.17, 15) is 8.42 Å². The van der Waals surface area contributed by atoms with Crippen molar-refractivity contribution in [2.75, 3.05) is 31.9 Å². The van der Waals surface area contributed by atoms with Crippen molar-refractivity contribution in [2.45, 2.75) is 65.3 Å². The molecular formula is C22H39IN4O2S. The standard InChI is InChI=1S/C22H38N4O2S.HI/c1-5-23-22(25-21-13-16-26(17-14-21)29(27,28)6-2)24-15-7-8-19-9-11-20(12-10-19)18(3)4;/h9-12,18,21H,5-8,13-17H2,1-4H3,(H2,23,24,25);1H. The first-order chi connectivity index (χ1) is 13.9. The van der Waals surface area contributed by atoms with Crippen LogP contribution in [0.15, 0.2) is 29.3 Å². The number of benzene rings is 1. The minimum absolute atomic E-state index is 0. The summed E-state index contributed by atoms with van der Waals surface area (Å²) in [5.41, 5.74) is 2.73. The minimum atomic E-state index is -3.08. The molecule has 1 aliphatic heterocycles. The van der Waals surface area contributed by atoms with Crippen LogP contribution < -0.4 is 10.6 Å². The molecule has 0 bridgehead atoms. The summed E-state index contributed by atoms with van der Waals surface area (Å²) in [6, 6.07) is 9.15. The van der Waals surface area contributed by atoms with E-state index in [2.05, 4.69) is 55.7 Å². The van der Waals surface area contributed by atoms with Gasteiger partial charge in [0.15, 0.2) is 5.96 Å². The van der Waals surface area contributed by atoms with Crippen LogP contribution in [0.25, 0.3) is 0 Å². The fourth-order valence-electron chi connectivity index (χ4n) is 3.52. The predicted octanol–water partition coefficient (Wildman–Crippen LogP) is 3.73. The molecule has 1 fully saturated rings. The number of guanidine groups is 1. The lowest BCUT2D eigenvalue weighted by molar-refractivity contribution is 0.306. The molecule has 2 rings (SSSR count). The Kier molecular flexibility index (Phi) is 12.2. The van der Waals surface area contributed by atoms with Crippen LogP contribution in [-0.4, -0.2) is 56.7 Å². The highest BCUT2D eigenvalue weighted by Gasteiger charge is 2.26. The molecule has 0 saturated carbocycles. The Balaban J connectivity index is 0.00000450. The number of aryl methyl sites for hydroxylation is 1. The van der Waals surface area contributed by atoms with Crippen LogP contribution >= 0.6 is 24.0 Å². The summed E-state index contributed by atoms with van der Waals surface area (Å²) >= 11 is 0. The fraction of sp³-hybridized carbons (Fsp3) is 0.682. The Bertz CT molecular complexity index is 743. The number of halogens is 1. The maximum absolute atomic E-state index is 12.0. The number of hydrogen-bond donors (Lipinski definition) is 2. The van der Waals surface area contributed by atoms with E-state index >= 15 is 0 Å². The lowest BCUT2D eigenvalue weighted by Gasteiger charge is -2.32. The third-order valence-corrected chi connectivity index (χ3v) is 7.32. The Morgan fingerprint density at radius 1 is 1.17 bits per heavy atom. The fourth-order valence-corrected chi connectivity index (χ4v) is 4.65. The van der Waals surface area contributed by atoms with Crippen molar-refractivity contribution in [2.24, 2.45) is 4.99 Å². The molecule has 30 heavy (non-hydrogen) atoms. The number of piperidine rings is 1. The zero-order valence-electron chi connectivity index (χ0n) is 18.9. The van der Waals surface area contributed by atoms with Crippen LogP contribution in [0.1, 0.15) is 64.0 Å². The second kappa shape index (κ2) is 13.5. The second-order valence-electron chi connectivity index (χ2n) is 7.98. The van der Waals surface area contributed by atoms with Gasteiger partial charge in [-0.1, -0.05) is 38.1 Å². The molecule has 0 amide bonds. The normalized spacial score (nSPS) is 16.4. The molecule has 0 aliphatic carbocycles. The molecule has 1 saturated heterocycles. The summed E-state index contributed by atoms with van der Waals surface area (Å²) in [6.07, 6.45) is 3.65. The van der Waals surface area contributed by atoms with Gasteiger partial charge in [-0.3, -0.25) is 4.99 Å². The molecule has 1 aromatic carbocycles. The van der Waals surface area contributed by atoms with E-state index in [1.165, 1.54) is 11.1 Å². The van der Waals surface area contributed by atoms with Crippen molar-refractivity contribution in [3.05, 3.63) is 35.4 Å². The zero-order valence-corrected chi connectivity index (χ0v) is 22.0. The van der Waals surface area contributed by atoms with Gasteiger partial charge in [0.25, 0.3) is 0 Å². The van der Waals surface area contributed by atoms with E-state index in [1.54, 1.807) is 11.2 Å². The van der Waals surface area contributed by atoms with Gasteiger partial charge in [0.2, 0.25) is 10.0 Å². The van der Waals surface area contributed by atoms with Gasteiger partial charge < -0.3 is 10.6 Å². The smallest absolute Gasteiger partial charge is 0.213 e. The zero-order chi connectivity index (χ0) is 21.3. The molecule has 8 heteroatoms. The highest BCUT2D eigenvalue weighted by molar-refractivity contribution is 14.0. The second-order valence-corrected chi connectivity index (χ2v) is 10.2. The average molecular weight is 551 g/mol. The van der Waals surface area contributed by atoms with Gasteiger partial charge in [-0.15, -0.1) is 24.0 Å². The quantitative estimate of drug-likeness (QED) is 0.213. The molecule has 1 aromatic rings. The highest BCUT2D eigenvalue weighted by atomic mass is 127. The lowest BCUT2D eigenvalue weighted by Crippen LogP contribution is -2.50. The first-order valence-corrected chi connectivity index (χ1v) is 12.6. The number of rotatable bonds is 9.